The zero-order valence-electron chi connectivity index (χ0n) is 8.24. The second-order valence-corrected chi connectivity index (χ2v) is 4.15. The Kier molecular flexibility index (Phi) is 3.19. The molecule has 13 heavy (non-hydrogen) atoms. The monoisotopic (exact) mass is 184 g/mol. The maximum Gasteiger partial charge on any atom is 0.0703 e. The maximum atomic E-state index is 5.67. The molecule has 2 aliphatic rings. The van der Waals surface area contributed by atoms with Crippen molar-refractivity contribution in [1.82, 2.24) is 4.90 Å². The lowest BCUT2D eigenvalue weighted by molar-refractivity contribution is 0.000984. The molecule has 3 heteroatoms. The second-order valence-electron chi connectivity index (χ2n) is 4.15. The van der Waals surface area contributed by atoms with E-state index in [2.05, 4.69) is 4.90 Å². The molecule has 2 rings (SSSR count). The molecule has 0 spiro atoms. The van der Waals surface area contributed by atoms with Crippen LogP contribution in [0, 0.1) is 0 Å². The van der Waals surface area contributed by atoms with Crippen LogP contribution >= 0.6 is 0 Å². The third kappa shape index (κ3) is 2.66. The van der Waals surface area contributed by atoms with Crippen molar-refractivity contribution in [3.8, 4) is 0 Å². The second kappa shape index (κ2) is 4.40. The van der Waals surface area contributed by atoms with Gasteiger partial charge in [0.2, 0.25) is 0 Å². The summed E-state index contributed by atoms with van der Waals surface area (Å²) in [6.07, 6.45) is 5.79. The van der Waals surface area contributed by atoms with Crippen LogP contribution in [-0.2, 0) is 4.74 Å². The summed E-state index contributed by atoms with van der Waals surface area (Å²) < 4.78 is 5.67. The molecule has 1 aliphatic carbocycles. The van der Waals surface area contributed by atoms with E-state index in [1.165, 1.54) is 32.2 Å². The molecule has 0 aromatic carbocycles. The van der Waals surface area contributed by atoms with Crippen LogP contribution < -0.4 is 5.73 Å². The molecule has 3 nitrogen and oxygen atoms in total. The van der Waals surface area contributed by atoms with Crippen LogP contribution in [0.4, 0.5) is 0 Å². The highest BCUT2D eigenvalue weighted by Crippen LogP contribution is 2.29. The Bertz CT molecular complexity index is 159. The summed E-state index contributed by atoms with van der Waals surface area (Å²) in [4.78, 5) is 2.59. The molecule has 2 fully saturated rings. The van der Waals surface area contributed by atoms with Crippen LogP contribution in [-0.4, -0.2) is 43.3 Å². The molecule has 0 bridgehead atoms. The van der Waals surface area contributed by atoms with E-state index in [1.807, 2.05) is 0 Å². The summed E-state index contributed by atoms with van der Waals surface area (Å²) in [5.74, 6) is 0. The van der Waals surface area contributed by atoms with Gasteiger partial charge in [-0.1, -0.05) is 0 Å². The number of ether oxygens (including phenoxy) is 1. The average molecular weight is 184 g/mol. The first-order valence-corrected chi connectivity index (χ1v) is 5.46. The first kappa shape index (κ1) is 9.44. The summed E-state index contributed by atoms with van der Waals surface area (Å²) in [7, 11) is 0. The molecule has 0 aromatic rings. The van der Waals surface area contributed by atoms with Crippen molar-refractivity contribution in [1.29, 1.82) is 0 Å². The molecule has 0 radical (unpaired) electrons. The van der Waals surface area contributed by atoms with Crippen LogP contribution in [0.3, 0.4) is 0 Å². The Morgan fingerprint density at radius 2 is 2.15 bits per heavy atom. The number of hydrogen-bond donors (Lipinski definition) is 1. The topological polar surface area (TPSA) is 38.5 Å². The van der Waals surface area contributed by atoms with Gasteiger partial charge in [-0.15, -0.1) is 0 Å². The number of likely N-dealkylation sites (tertiary alicyclic amines) is 1. The van der Waals surface area contributed by atoms with Crippen LogP contribution in [0.25, 0.3) is 0 Å². The zero-order valence-corrected chi connectivity index (χ0v) is 8.24. The quantitative estimate of drug-likeness (QED) is 0.695. The number of rotatable bonds is 4. The predicted molar refractivity (Wildman–Crippen MR) is 52.6 cm³/mol. The van der Waals surface area contributed by atoms with E-state index < -0.39 is 0 Å². The first-order valence-electron chi connectivity index (χ1n) is 5.46. The summed E-state index contributed by atoms with van der Waals surface area (Å²) >= 11 is 0. The highest BCUT2D eigenvalue weighted by Gasteiger charge is 2.32. The van der Waals surface area contributed by atoms with Gasteiger partial charge in [-0.25, -0.2) is 0 Å². The number of nitrogens with two attached hydrogens (primary N) is 1. The van der Waals surface area contributed by atoms with Crippen LogP contribution in [0.5, 0.6) is 0 Å². The van der Waals surface area contributed by atoms with Gasteiger partial charge in [-0.3, -0.25) is 4.90 Å². The van der Waals surface area contributed by atoms with Gasteiger partial charge >= 0.3 is 0 Å². The standard InChI is InChI=1S/C10H20N2O/c11-5-7-13-10-2-1-6-12(8-10)9-3-4-9/h9-10H,1-8,11H2. The van der Waals surface area contributed by atoms with Crippen molar-refractivity contribution >= 4 is 0 Å². The molecule has 2 N–H and O–H groups in total. The third-order valence-electron chi connectivity index (χ3n) is 2.94. The third-order valence-corrected chi connectivity index (χ3v) is 2.94. The minimum atomic E-state index is 0.456. The molecule has 0 aromatic heterocycles. The van der Waals surface area contributed by atoms with Gasteiger partial charge in [-0.05, 0) is 32.2 Å². The molecule has 1 atom stereocenters. The van der Waals surface area contributed by atoms with Crippen molar-refractivity contribution in [2.24, 2.45) is 5.73 Å². The van der Waals surface area contributed by atoms with Crippen molar-refractivity contribution < 1.29 is 4.74 Å². The first-order chi connectivity index (χ1) is 6.40. The molecular formula is C10H20N2O. The molecule has 1 saturated carbocycles. The van der Waals surface area contributed by atoms with Crippen molar-refractivity contribution in [3.05, 3.63) is 0 Å². The predicted octanol–water partition coefficient (Wildman–Crippen LogP) is 0.588. The van der Waals surface area contributed by atoms with E-state index in [4.69, 9.17) is 10.5 Å². The van der Waals surface area contributed by atoms with Crippen LogP contribution in [0.2, 0.25) is 0 Å². The lowest BCUT2D eigenvalue weighted by atomic mass is 10.1. The van der Waals surface area contributed by atoms with E-state index in [-0.39, 0.29) is 0 Å². The Morgan fingerprint density at radius 3 is 2.85 bits per heavy atom. The Balaban J connectivity index is 1.71. The largest absolute Gasteiger partial charge is 0.376 e. The summed E-state index contributed by atoms with van der Waals surface area (Å²) in [5, 5.41) is 0. The van der Waals surface area contributed by atoms with Gasteiger partial charge in [0.25, 0.3) is 0 Å². The number of nitrogens with zero attached hydrogens (tertiary/aromatic N) is 1. The lowest BCUT2D eigenvalue weighted by Gasteiger charge is -2.32. The molecule has 76 valence electrons. The van der Waals surface area contributed by atoms with E-state index >= 15 is 0 Å². The minimum absolute atomic E-state index is 0.456. The van der Waals surface area contributed by atoms with Crippen molar-refractivity contribution in [2.45, 2.75) is 37.8 Å². The van der Waals surface area contributed by atoms with Gasteiger partial charge in [0, 0.05) is 19.1 Å². The molecule has 0 amide bonds. The zero-order chi connectivity index (χ0) is 9.10. The molecule has 1 saturated heterocycles. The maximum absolute atomic E-state index is 5.67. The molecular weight excluding hydrogens is 164 g/mol. The highest BCUT2D eigenvalue weighted by molar-refractivity contribution is 4.88. The lowest BCUT2D eigenvalue weighted by Crippen LogP contribution is -2.41. The molecule has 1 heterocycles. The van der Waals surface area contributed by atoms with Crippen molar-refractivity contribution in [3.63, 3.8) is 0 Å². The fourth-order valence-corrected chi connectivity index (χ4v) is 2.11. The summed E-state index contributed by atoms with van der Waals surface area (Å²) in [6, 6.07) is 0.893. The van der Waals surface area contributed by atoms with Gasteiger partial charge in [-0.2, -0.15) is 0 Å². The number of piperidine rings is 1. The van der Waals surface area contributed by atoms with Crippen LogP contribution in [0.1, 0.15) is 25.7 Å². The molecule has 1 unspecified atom stereocenters. The van der Waals surface area contributed by atoms with Crippen LogP contribution in [0.15, 0.2) is 0 Å². The van der Waals surface area contributed by atoms with Crippen molar-refractivity contribution in [2.75, 3.05) is 26.2 Å². The Labute approximate surface area is 80.2 Å². The van der Waals surface area contributed by atoms with E-state index in [0.29, 0.717) is 12.6 Å². The van der Waals surface area contributed by atoms with Gasteiger partial charge < -0.3 is 10.5 Å². The SMILES string of the molecule is NCCOC1CCCN(C2CC2)C1. The average Bonchev–Trinajstić information content (AvgIpc) is 2.98. The fourth-order valence-electron chi connectivity index (χ4n) is 2.11. The smallest absolute Gasteiger partial charge is 0.0703 e. The van der Waals surface area contributed by atoms with E-state index in [9.17, 15) is 0 Å². The normalized spacial score (nSPS) is 30.7. The Morgan fingerprint density at radius 1 is 1.31 bits per heavy atom. The Hall–Kier alpha value is -0.120. The van der Waals surface area contributed by atoms with Gasteiger partial charge in [0.15, 0.2) is 0 Å². The molecule has 1 aliphatic heterocycles. The van der Waals surface area contributed by atoms with Gasteiger partial charge in [0.05, 0.1) is 12.7 Å². The summed E-state index contributed by atoms with van der Waals surface area (Å²) in [5.41, 5.74) is 5.41. The van der Waals surface area contributed by atoms with E-state index in [1.54, 1.807) is 0 Å². The highest BCUT2D eigenvalue weighted by atomic mass is 16.5. The summed E-state index contributed by atoms with van der Waals surface area (Å²) in [6.45, 7) is 3.81. The fraction of sp³-hybridized carbons (Fsp3) is 1.00. The van der Waals surface area contributed by atoms with Gasteiger partial charge in [0.1, 0.15) is 0 Å². The van der Waals surface area contributed by atoms with E-state index in [0.717, 1.165) is 19.2 Å². The number of hydrogen-bond acceptors (Lipinski definition) is 3. The minimum Gasteiger partial charge on any atom is -0.376 e.